The van der Waals surface area contributed by atoms with Crippen LogP contribution in [0.1, 0.15) is 31.9 Å². The molecule has 1 atom stereocenters. The maximum absolute atomic E-state index is 9.27. The van der Waals surface area contributed by atoms with E-state index in [1.165, 1.54) is 0 Å². The van der Waals surface area contributed by atoms with Crippen LogP contribution in [0.15, 0.2) is 12.4 Å². The summed E-state index contributed by atoms with van der Waals surface area (Å²) in [6, 6.07) is 0. The molecule has 0 radical (unpaired) electrons. The van der Waals surface area contributed by atoms with Crippen molar-refractivity contribution in [2.75, 3.05) is 13.2 Å². The highest BCUT2D eigenvalue weighted by atomic mass is 16.5. The van der Waals surface area contributed by atoms with E-state index in [0.717, 1.165) is 31.7 Å². The molecule has 0 spiro atoms. The third kappa shape index (κ3) is 3.47. The van der Waals surface area contributed by atoms with Crippen LogP contribution in [0, 0.1) is 0 Å². The fraction of sp³-hybridized carbons (Fsp3) is 0.700. The molecule has 0 aromatic carbocycles. The van der Waals surface area contributed by atoms with Gasteiger partial charge in [0.05, 0.1) is 12.3 Å². The number of aliphatic hydroxyl groups is 1. The highest BCUT2D eigenvalue weighted by Gasteiger charge is 2.03. The lowest BCUT2D eigenvalue weighted by atomic mass is 10.2. The molecule has 4 heteroatoms. The van der Waals surface area contributed by atoms with Gasteiger partial charge in [0, 0.05) is 31.5 Å². The number of nitrogens with zero attached hydrogens (tertiary/aromatic N) is 2. The van der Waals surface area contributed by atoms with E-state index < -0.39 is 6.10 Å². The Bertz CT molecular complexity index is 258. The highest BCUT2D eigenvalue weighted by molar-refractivity contribution is 5.06. The molecule has 0 aliphatic rings. The summed E-state index contributed by atoms with van der Waals surface area (Å²) in [6.07, 6.45) is 4.09. The Kier molecular flexibility index (Phi) is 4.62. The number of hydrogen-bond acceptors (Lipinski definition) is 3. The first-order chi connectivity index (χ1) is 6.74. The Labute approximate surface area is 84.5 Å². The second kappa shape index (κ2) is 5.78. The van der Waals surface area contributed by atoms with Gasteiger partial charge in [-0.1, -0.05) is 0 Å². The van der Waals surface area contributed by atoms with Crippen molar-refractivity contribution in [1.82, 2.24) is 9.78 Å². The van der Waals surface area contributed by atoms with Gasteiger partial charge in [-0.25, -0.2) is 0 Å². The summed E-state index contributed by atoms with van der Waals surface area (Å²) >= 11 is 0. The van der Waals surface area contributed by atoms with Gasteiger partial charge in [0.15, 0.2) is 0 Å². The van der Waals surface area contributed by atoms with Gasteiger partial charge >= 0.3 is 0 Å². The molecule has 0 fully saturated rings. The van der Waals surface area contributed by atoms with Gasteiger partial charge in [0.25, 0.3) is 0 Å². The lowest BCUT2D eigenvalue weighted by Crippen LogP contribution is -2.02. The summed E-state index contributed by atoms with van der Waals surface area (Å²) in [5, 5.41) is 13.4. The van der Waals surface area contributed by atoms with Crippen LogP contribution in [0.2, 0.25) is 0 Å². The first-order valence-corrected chi connectivity index (χ1v) is 5.02. The number of hydrogen-bond donors (Lipinski definition) is 1. The van der Waals surface area contributed by atoms with Crippen molar-refractivity contribution < 1.29 is 9.84 Å². The Morgan fingerprint density at radius 3 is 3.00 bits per heavy atom. The molecular formula is C10H18N2O2. The normalized spacial score (nSPS) is 13.1. The third-order valence-corrected chi connectivity index (χ3v) is 2.02. The molecule has 0 saturated carbocycles. The fourth-order valence-corrected chi connectivity index (χ4v) is 1.19. The molecule has 4 nitrogen and oxygen atoms in total. The molecule has 14 heavy (non-hydrogen) atoms. The average Bonchev–Trinajstić information content (AvgIpc) is 2.61. The Morgan fingerprint density at radius 1 is 1.64 bits per heavy atom. The van der Waals surface area contributed by atoms with E-state index in [9.17, 15) is 5.11 Å². The number of ether oxygens (including phenoxy) is 1. The quantitative estimate of drug-likeness (QED) is 0.702. The zero-order valence-electron chi connectivity index (χ0n) is 8.81. The van der Waals surface area contributed by atoms with Crippen molar-refractivity contribution in [3.8, 4) is 0 Å². The first kappa shape index (κ1) is 11.2. The monoisotopic (exact) mass is 198 g/mol. The minimum atomic E-state index is -0.435. The van der Waals surface area contributed by atoms with Crippen LogP contribution in [0.3, 0.4) is 0 Å². The molecule has 1 aromatic heterocycles. The zero-order chi connectivity index (χ0) is 10.4. The van der Waals surface area contributed by atoms with Gasteiger partial charge in [0.2, 0.25) is 0 Å². The maximum atomic E-state index is 9.27. The Morgan fingerprint density at radius 2 is 2.43 bits per heavy atom. The molecule has 0 amide bonds. The van der Waals surface area contributed by atoms with Gasteiger partial charge in [-0.3, -0.25) is 4.68 Å². The van der Waals surface area contributed by atoms with E-state index in [2.05, 4.69) is 5.10 Å². The van der Waals surface area contributed by atoms with Gasteiger partial charge in [-0.2, -0.15) is 5.10 Å². The predicted octanol–water partition coefficient (Wildman–Crippen LogP) is 1.36. The largest absolute Gasteiger partial charge is 0.389 e. The van der Waals surface area contributed by atoms with E-state index in [-0.39, 0.29) is 0 Å². The van der Waals surface area contributed by atoms with Crippen LogP contribution in [0.4, 0.5) is 0 Å². The Hall–Kier alpha value is -0.870. The number of aryl methyl sites for hydroxylation is 1. The van der Waals surface area contributed by atoms with Gasteiger partial charge in [-0.15, -0.1) is 0 Å². The molecule has 1 rings (SSSR count). The summed E-state index contributed by atoms with van der Waals surface area (Å²) in [4.78, 5) is 0. The summed E-state index contributed by atoms with van der Waals surface area (Å²) in [5.74, 6) is 0. The molecule has 1 N–H and O–H groups in total. The number of rotatable bonds is 6. The van der Waals surface area contributed by atoms with E-state index in [0.29, 0.717) is 0 Å². The van der Waals surface area contributed by atoms with Crippen LogP contribution in [0.5, 0.6) is 0 Å². The lowest BCUT2D eigenvalue weighted by Gasteiger charge is -2.01. The van der Waals surface area contributed by atoms with Gasteiger partial charge in [-0.05, 0) is 20.3 Å². The van der Waals surface area contributed by atoms with E-state index in [1.54, 1.807) is 13.1 Å². The van der Waals surface area contributed by atoms with Crippen molar-refractivity contribution in [2.45, 2.75) is 32.9 Å². The van der Waals surface area contributed by atoms with Crippen molar-refractivity contribution in [1.29, 1.82) is 0 Å². The maximum Gasteiger partial charge on any atom is 0.0792 e. The van der Waals surface area contributed by atoms with E-state index >= 15 is 0 Å². The molecule has 0 bridgehead atoms. The topological polar surface area (TPSA) is 47.3 Å². The number of aliphatic hydroxyl groups excluding tert-OH is 1. The molecule has 1 aromatic rings. The molecule has 0 aliphatic carbocycles. The van der Waals surface area contributed by atoms with Crippen molar-refractivity contribution in [3.05, 3.63) is 18.0 Å². The van der Waals surface area contributed by atoms with E-state index in [4.69, 9.17) is 4.74 Å². The Balaban J connectivity index is 2.29. The van der Waals surface area contributed by atoms with Crippen LogP contribution in [-0.2, 0) is 11.3 Å². The fourth-order valence-electron chi connectivity index (χ4n) is 1.19. The first-order valence-electron chi connectivity index (χ1n) is 5.02. The van der Waals surface area contributed by atoms with Crippen LogP contribution in [-0.4, -0.2) is 28.1 Å². The summed E-state index contributed by atoms with van der Waals surface area (Å²) in [7, 11) is 0. The zero-order valence-corrected chi connectivity index (χ0v) is 8.81. The standard InChI is InChI=1S/C10H18N2O2/c1-3-14-6-4-5-12-8-10(7-11-12)9(2)13/h7-9,13H,3-6H2,1-2H3. The second-order valence-corrected chi connectivity index (χ2v) is 3.26. The molecule has 0 aliphatic heterocycles. The number of aromatic nitrogens is 2. The van der Waals surface area contributed by atoms with Crippen molar-refractivity contribution in [3.63, 3.8) is 0 Å². The smallest absolute Gasteiger partial charge is 0.0792 e. The van der Waals surface area contributed by atoms with Crippen LogP contribution >= 0.6 is 0 Å². The molecule has 0 saturated heterocycles. The lowest BCUT2D eigenvalue weighted by molar-refractivity contribution is 0.140. The van der Waals surface area contributed by atoms with Crippen LogP contribution in [0.25, 0.3) is 0 Å². The molecule has 1 unspecified atom stereocenters. The average molecular weight is 198 g/mol. The van der Waals surface area contributed by atoms with E-state index in [1.807, 2.05) is 17.8 Å². The molecule has 80 valence electrons. The predicted molar refractivity (Wildman–Crippen MR) is 54.0 cm³/mol. The van der Waals surface area contributed by atoms with Gasteiger partial charge in [0.1, 0.15) is 0 Å². The SMILES string of the molecule is CCOCCCn1cc(C(C)O)cn1. The van der Waals surface area contributed by atoms with Crippen molar-refractivity contribution >= 4 is 0 Å². The minimum Gasteiger partial charge on any atom is -0.389 e. The highest BCUT2D eigenvalue weighted by Crippen LogP contribution is 2.09. The van der Waals surface area contributed by atoms with Crippen LogP contribution < -0.4 is 0 Å². The molecule has 1 heterocycles. The molecular weight excluding hydrogens is 180 g/mol. The van der Waals surface area contributed by atoms with Crippen molar-refractivity contribution in [2.24, 2.45) is 0 Å². The summed E-state index contributed by atoms with van der Waals surface area (Å²) in [5.41, 5.74) is 0.862. The summed E-state index contributed by atoms with van der Waals surface area (Å²) < 4.78 is 7.05. The summed E-state index contributed by atoms with van der Waals surface area (Å²) in [6.45, 7) is 6.09. The third-order valence-electron chi connectivity index (χ3n) is 2.02. The van der Waals surface area contributed by atoms with Gasteiger partial charge < -0.3 is 9.84 Å². The second-order valence-electron chi connectivity index (χ2n) is 3.26. The minimum absolute atomic E-state index is 0.435.